The second-order valence-electron chi connectivity index (χ2n) is 3.46. The second kappa shape index (κ2) is 6.11. The van der Waals surface area contributed by atoms with Gasteiger partial charge < -0.3 is 4.90 Å². The number of ketones is 1. The summed E-state index contributed by atoms with van der Waals surface area (Å²) in [5.41, 5.74) is 0. The summed E-state index contributed by atoms with van der Waals surface area (Å²) >= 11 is 6.92. The number of likely N-dealkylation sites (tertiary alicyclic amines) is 1. The van der Waals surface area contributed by atoms with E-state index in [-0.39, 0.29) is 18.2 Å². The van der Waals surface area contributed by atoms with E-state index in [2.05, 4.69) is 6.58 Å². The number of nitrogens with zero attached hydrogens (tertiary/aromatic N) is 1. The number of allylic oxidation sites excluding steroid dienone is 1. The minimum atomic E-state index is -0.139. The van der Waals surface area contributed by atoms with Crippen molar-refractivity contribution < 1.29 is 9.59 Å². The van der Waals surface area contributed by atoms with Crippen LogP contribution < -0.4 is 0 Å². The molecule has 1 heterocycles. The molecule has 0 aliphatic carbocycles. The molecule has 0 atom stereocenters. The Labute approximate surface area is 105 Å². The summed E-state index contributed by atoms with van der Waals surface area (Å²) in [4.78, 5) is 25.0. The van der Waals surface area contributed by atoms with E-state index in [1.807, 2.05) is 0 Å². The van der Waals surface area contributed by atoms with Crippen molar-refractivity contribution in [1.29, 1.82) is 0 Å². The molecular weight excluding hydrogens is 246 g/mol. The van der Waals surface area contributed by atoms with E-state index in [0.717, 1.165) is 18.2 Å². The highest BCUT2D eigenvalue weighted by molar-refractivity contribution is 8.08. The fourth-order valence-corrected chi connectivity index (χ4v) is 2.18. The van der Waals surface area contributed by atoms with Crippen LogP contribution in [0, 0.1) is 0 Å². The van der Waals surface area contributed by atoms with Crippen molar-refractivity contribution in [3.8, 4) is 0 Å². The van der Waals surface area contributed by atoms with E-state index in [1.54, 1.807) is 17.9 Å². The lowest BCUT2D eigenvalue weighted by atomic mass is 10.3. The van der Waals surface area contributed by atoms with Gasteiger partial charge in [0.25, 0.3) is 0 Å². The normalized spacial score (nSPS) is 16.8. The number of thioether (sulfide) groups is 1. The number of carbonyl (C=O) groups excluding carboxylic acids is 2. The van der Waals surface area contributed by atoms with Gasteiger partial charge in [-0.2, -0.15) is 0 Å². The summed E-state index contributed by atoms with van der Waals surface area (Å²) < 4.78 is 0.520. The predicted octanol–water partition coefficient (Wildman–Crippen LogP) is 2.52. The maximum Gasteiger partial charge on any atom is 0.223 e. The average molecular weight is 260 g/mol. The summed E-state index contributed by atoms with van der Waals surface area (Å²) in [5, 5.41) is 0. The number of Topliss-reactive ketones (excluding diaryl/α,β-unsaturated/α-hetero) is 1. The molecule has 0 aromatic rings. The first-order valence-corrected chi connectivity index (χ1v) is 6.23. The first-order chi connectivity index (χ1) is 7.54. The Balaban J connectivity index is 2.46. The molecule has 0 aromatic heterocycles. The van der Waals surface area contributed by atoms with Gasteiger partial charge in [0.1, 0.15) is 0 Å². The van der Waals surface area contributed by atoms with Crippen LogP contribution in [0.4, 0.5) is 0 Å². The zero-order valence-corrected chi connectivity index (χ0v) is 10.7. The lowest BCUT2D eigenvalue weighted by molar-refractivity contribution is -0.131. The minimum absolute atomic E-state index is 0.0447. The Morgan fingerprint density at radius 3 is 2.88 bits per heavy atom. The topological polar surface area (TPSA) is 37.4 Å². The van der Waals surface area contributed by atoms with E-state index in [9.17, 15) is 9.59 Å². The summed E-state index contributed by atoms with van der Waals surface area (Å²) in [5.74, 6) is -0.0940. The highest BCUT2D eigenvalue weighted by atomic mass is 35.5. The molecule has 1 rings (SSSR count). The van der Waals surface area contributed by atoms with E-state index >= 15 is 0 Å². The van der Waals surface area contributed by atoms with Crippen molar-refractivity contribution in [1.82, 2.24) is 4.90 Å². The van der Waals surface area contributed by atoms with Crippen molar-refractivity contribution in [3.63, 3.8) is 0 Å². The molecule has 0 unspecified atom stereocenters. The molecule has 16 heavy (non-hydrogen) atoms. The average Bonchev–Trinajstić information content (AvgIpc) is 2.64. The molecule has 0 N–H and O–H groups in total. The van der Waals surface area contributed by atoms with Gasteiger partial charge in [-0.05, 0) is 13.3 Å². The maximum absolute atomic E-state index is 11.7. The van der Waals surface area contributed by atoms with Crippen LogP contribution in [0.15, 0.2) is 21.9 Å². The van der Waals surface area contributed by atoms with Gasteiger partial charge in [-0.3, -0.25) is 9.59 Å². The van der Waals surface area contributed by atoms with Crippen LogP contribution in [-0.4, -0.2) is 29.7 Å². The van der Waals surface area contributed by atoms with Crippen molar-refractivity contribution in [2.24, 2.45) is 0 Å². The van der Waals surface area contributed by atoms with Crippen LogP contribution in [0.1, 0.15) is 19.8 Å². The van der Waals surface area contributed by atoms with Gasteiger partial charge in [-0.15, -0.1) is 0 Å². The molecule has 1 aliphatic rings. The molecule has 1 aliphatic heterocycles. The molecule has 3 nitrogen and oxygen atoms in total. The molecule has 88 valence electrons. The smallest absolute Gasteiger partial charge is 0.223 e. The van der Waals surface area contributed by atoms with Crippen molar-refractivity contribution in [2.45, 2.75) is 19.8 Å². The van der Waals surface area contributed by atoms with Crippen LogP contribution in [0.25, 0.3) is 0 Å². The lowest BCUT2D eigenvalue weighted by Crippen LogP contribution is -2.30. The minimum Gasteiger partial charge on any atom is -0.335 e. The van der Waals surface area contributed by atoms with Gasteiger partial charge in [0, 0.05) is 13.0 Å². The third-order valence-corrected chi connectivity index (χ3v) is 3.62. The number of hydrogen-bond donors (Lipinski definition) is 0. The van der Waals surface area contributed by atoms with Gasteiger partial charge in [-0.25, -0.2) is 0 Å². The van der Waals surface area contributed by atoms with Crippen LogP contribution in [-0.2, 0) is 9.59 Å². The van der Waals surface area contributed by atoms with Crippen molar-refractivity contribution in [2.75, 3.05) is 13.1 Å². The highest BCUT2D eigenvalue weighted by Gasteiger charge is 2.23. The van der Waals surface area contributed by atoms with E-state index in [4.69, 9.17) is 11.6 Å². The van der Waals surface area contributed by atoms with E-state index in [0.29, 0.717) is 22.2 Å². The molecule has 0 spiro atoms. The van der Waals surface area contributed by atoms with Gasteiger partial charge in [0.15, 0.2) is 5.78 Å². The standard InChI is InChI=1S/C11H14ClNO2S/c1-3-10(12)16-8(2)9(14)7-13-6-4-5-11(13)15/h3H,2,4-7H2,1H3/b10-3-. The lowest BCUT2D eigenvalue weighted by Gasteiger charge is -2.14. The zero-order valence-electron chi connectivity index (χ0n) is 9.16. The van der Waals surface area contributed by atoms with Gasteiger partial charge in [0.05, 0.1) is 15.8 Å². The SMILES string of the molecule is C=C(S/C(Cl)=C\C)C(=O)CN1CCCC1=O. The molecule has 0 aromatic carbocycles. The molecule has 0 radical (unpaired) electrons. The number of rotatable bonds is 5. The number of hydrogen-bond acceptors (Lipinski definition) is 3. The molecule has 1 amide bonds. The Hall–Kier alpha value is -0.740. The molecule has 1 fully saturated rings. The molecule has 1 saturated heterocycles. The monoisotopic (exact) mass is 259 g/mol. The first-order valence-electron chi connectivity index (χ1n) is 5.04. The van der Waals surface area contributed by atoms with Crippen molar-refractivity contribution >= 4 is 35.1 Å². The maximum atomic E-state index is 11.7. The second-order valence-corrected chi connectivity index (χ2v) is 5.23. The highest BCUT2D eigenvalue weighted by Crippen LogP contribution is 2.27. The fraction of sp³-hybridized carbons (Fsp3) is 0.455. The van der Waals surface area contributed by atoms with Gasteiger partial charge in [-0.1, -0.05) is 36.0 Å². The number of amides is 1. The molecular formula is C11H14ClNO2S. The van der Waals surface area contributed by atoms with Gasteiger partial charge >= 0.3 is 0 Å². The largest absolute Gasteiger partial charge is 0.335 e. The van der Waals surface area contributed by atoms with Crippen LogP contribution in [0.3, 0.4) is 0 Å². The third kappa shape index (κ3) is 3.68. The number of halogens is 1. The predicted molar refractivity (Wildman–Crippen MR) is 67.2 cm³/mol. The zero-order chi connectivity index (χ0) is 12.1. The molecule has 5 heteroatoms. The van der Waals surface area contributed by atoms with E-state index < -0.39 is 0 Å². The van der Waals surface area contributed by atoms with Gasteiger partial charge in [0.2, 0.25) is 5.91 Å². The van der Waals surface area contributed by atoms with Crippen LogP contribution in [0.5, 0.6) is 0 Å². The van der Waals surface area contributed by atoms with Crippen LogP contribution >= 0.6 is 23.4 Å². The quantitative estimate of drug-likeness (QED) is 0.712. The summed E-state index contributed by atoms with van der Waals surface area (Å²) in [6.07, 6.45) is 3.08. The van der Waals surface area contributed by atoms with Crippen molar-refractivity contribution in [3.05, 3.63) is 21.9 Å². The summed E-state index contributed by atoms with van der Waals surface area (Å²) in [7, 11) is 0. The molecule has 0 bridgehead atoms. The Morgan fingerprint density at radius 1 is 1.69 bits per heavy atom. The third-order valence-electron chi connectivity index (χ3n) is 2.26. The molecule has 0 saturated carbocycles. The number of carbonyl (C=O) groups is 2. The Bertz CT molecular complexity index is 352. The summed E-state index contributed by atoms with van der Waals surface area (Å²) in [6.45, 7) is 6.24. The Morgan fingerprint density at radius 2 is 2.38 bits per heavy atom. The van der Waals surface area contributed by atoms with E-state index in [1.165, 1.54) is 0 Å². The Kier molecular flexibility index (Phi) is 5.09. The summed E-state index contributed by atoms with van der Waals surface area (Å²) in [6, 6.07) is 0. The fourth-order valence-electron chi connectivity index (χ4n) is 1.37. The van der Waals surface area contributed by atoms with Crippen LogP contribution in [0.2, 0.25) is 0 Å². The first kappa shape index (κ1) is 13.3.